The van der Waals surface area contributed by atoms with Crippen LogP contribution in [0.5, 0.6) is 5.75 Å². The van der Waals surface area contributed by atoms with Crippen molar-refractivity contribution in [2.24, 2.45) is 4.99 Å². The normalized spacial score (nSPS) is 12.7. The number of anilines is 1. The molecule has 0 radical (unpaired) electrons. The molecule has 0 fully saturated rings. The zero-order valence-corrected chi connectivity index (χ0v) is 16.5. The molecule has 7 heteroatoms. The lowest BCUT2D eigenvalue weighted by atomic mass is 10.1. The molecule has 152 valence electrons. The average molecular weight is 401 g/mol. The van der Waals surface area contributed by atoms with Crippen LogP contribution in [0.25, 0.3) is 5.69 Å². The van der Waals surface area contributed by atoms with Gasteiger partial charge in [-0.2, -0.15) is 0 Å². The molecule has 4 rings (SSSR count). The number of ether oxygens (including phenoxy) is 1. The van der Waals surface area contributed by atoms with E-state index in [-0.39, 0.29) is 5.56 Å². The lowest BCUT2D eigenvalue weighted by molar-refractivity contribution is 0.305. The summed E-state index contributed by atoms with van der Waals surface area (Å²) < 4.78 is 7.27. The van der Waals surface area contributed by atoms with E-state index in [1.54, 1.807) is 12.3 Å². The molecule has 0 spiro atoms. The van der Waals surface area contributed by atoms with Gasteiger partial charge in [0.05, 0.1) is 13.1 Å². The molecular formula is C23H23N5O2. The zero-order valence-electron chi connectivity index (χ0n) is 16.5. The Morgan fingerprint density at radius 2 is 2.03 bits per heavy atom. The molecule has 0 saturated carbocycles. The van der Waals surface area contributed by atoms with Gasteiger partial charge in [-0.25, -0.2) is 0 Å². The minimum atomic E-state index is -0.193. The number of pyridine rings is 1. The summed E-state index contributed by atoms with van der Waals surface area (Å²) >= 11 is 0. The first-order valence-electron chi connectivity index (χ1n) is 9.78. The van der Waals surface area contributed by atoms with Gasteiger partial charge in [-0.1, -0.05) is 30.3 Å². The molecular weight excluding hydrogens is 378 g/mol. The highest BCUT2D eigenvalue weighted by Crippen LogP contribution is 2.19. The van der Waals surface area contributed by atoms with Gasteiger partial charge in [0.2, 0.25) is 0 Å². The molecule has 0 bridgehead atoms. The maximum atomic E-state index is 12.6. The van der Waals surface area contributed by atoms with Crippen molar-refractivity contribution in [2.45, 2.75) is 6.61 Å². The van der Waals surface area contributed by atoms with E-state index < -0.39 is 0 Å². The molecule has 3 N–H and O–H groups in total. The van der Waals surface area contributed by atoms with E-state index in [9.17, 15) is 4.79 Å². The Balaban J connectivity index is 1.48. The van der Waals surface area contributed by atoms with Crippen molar-refractivity contribution in [1.82, 2.24) is 9.88 Å². The predicted molar refractivity (Wildman–Crippen MR) is 119 cm³/mol. The molecule has 3 aromatic rings. The van der Waals surface area contributed by atoms with Crippen LogP contribution in [0.3, 0.4) is 0 Å². The molecule has 2 heterocycles. The molecule has 2 aromatic carbocycles. The van der Waals surface area contributed by atoms with Crippen LogP contribution in [0.4, 0.5) is 5.69 Å². The fraction of sp³-hybridized carbons (Fsp3) is 0.174. The van der Waals surface area contributed by atoms with Gasteiger partial charge in [-0.15, -0.1) is 0 Å². The van der Waals surface area contributed by atoms with Gasteiger partial charge in [0.1, 0.15) is 18.2 Å². The molecule has 0 aliphatic carbocycles. The third-order valence-electron chi connectivity index (χ3n) is 4.80. The van der Waals surface area contributed by atoms with E-state index in [1.165, 1.54) is 16.8 Å². The van der Waals surface area contributed by atoms with Gasteiger partial charge in [0, 0.05) is 42.0 Å². The number of nitrogens with one attached hydrogen (secondary N) is 3. The number of amidine groups is 1. The Hall–Kier alpha value is -3.87. The second-order valence-electron chi connectivity index (χ2n) is 6.87. The predicted octanol–water partition coefficient (Wildman–Crippen LogP) is 2.83. The number of hydrogen-bond donors (Lipinski definition) is 3. The van der Waals surface area contributed by atoms with Crippen LogP contribution in [0.15, 0.2) is 76.6 Å². The second kappa shape index (κ2) is 9.09. The molecule has 0 unspecified atom stereocenters. The molecule has 0 saturated heterocycles. The van der Waals surface area contributed by atoms with E-state index in [2.05, 4.69) is 15.6 Å². The van der Waals surface area contributed by atoms with Crippen LogP contribution in [-0.2, 0) is 6.61 Å². The fourth-order valence-corrected chi connectivity index (χ4v) is 3.23. The summed E-state index contributed by atoms with van der Waals surface area (Å²) in [7, 11) is 0. The van der Waals surface area contributed by atoms with Gasteiger partial charge >= 0.3 is 0 Å². The van der Waals surface area contributed by atoms with Gasteiger partial charge in [-0.05, 0) is 29.8 Å². The highest BCUT2D eigenvalue weighted by atomic mass is 16.5. The van der Waals surface area contributed by atoms with E-state index in [4.69, 9.17) is 10.1 Å². The second-order valence-corrected chi connectivity index (χ2v) is 6.87. The topological polar surface area (TPSA) is 91.5 Å². The highest BCUT2D eigenvalue weighted by Gasteiger charge is 2.09. The van der Waals surface area contributed by atoms with Gasteiger partial charge in [0.25, 0.3) is 5.56 Å². The van der Waals surface area contributed by atoms with Crippen LogP contribution in [0.2, 0.25) is 0 Å². The maximum Gasteiger partial charge on any atom is 0.258 e. The summed E-state index contributed by atoms with van der Waals surface area (Å²) in [5.74, 6) is 1.44. The van der Waals surface area contributed by atoms with Gasteiger partial charge < -0.3 is 20.8 Å². The third-order valence-corrected chi connectivity index (χ3v) is 4.80. The Morgan fingerprint density at radius 3 is 2.77 bits per heavy atom. The SMILES string of the molecule is N=Cc1cc(-n2ccc(OCc3ccccc3)cc2=O)ccc1NCC1=NCCN1. The minimum absolute atomic E-state index is 0.193. The zero-order chi connectivity index (χ0) is 20.8. The van der Waals surface area contributed by atoms with Crippen molar-refractivity contribution in [3.05, 3.63) is 88.3 Å². The minimum Gasteiger partial charge on any atom is -0.489 e. The average Bonchev–Trinajstić information content (AvgIpc) is 3.31. The first-order chi connectivity index (χ1) is 14.7. The van der Waals surface area contributed by atoms with E-state index in [0.717, 1.165) is 30.2 Å². The maximum absolute atomic E-state index is 12.6. The summed E-state index contributed by atoms with van der Waals surface area (Å²) in [5, 5.41) is 14.2. The smallest absolute Gasteiger partial charge is 0.258 e. The molecule has 30 heavy (non-hydrogen) atoms. The van der Waals surface area contributed by atoms with Crippen molar-refractivity contribution in [3.63, 3.8) is 0 Å². The third kappa shape index (κ3) is 4.57. The Bertz CT molecular complexity index is 1120. The Kier molecular flexibility index (Phi) is 5.89. The number of aromatic nitrogens is 1. The molecule has 1 aliphatic rings. The van der Waals surface area contributed by atoms with Crippen molar-refractivity contribution < 1.29 is 4.74 Å². The lowest BCUT2D eigenvalue weighted by Crippen LogP contribution is -2.26. The number of benzene rings is 2. The first kappa shape index (κ1) is 19.4. The molecule has 1 aliphatic heterocycles. The van der Waals surface area contributed by atoms with Crippen molar-refractivity contribution >= 4 is 17.7 Å². The van der Waals surface area contributed by atoms with Crippen LogP contribution in [0, 0.1) is 5.41 Å². The number of nitrogens with zero attached hydrogens (tertiary/aromatic N) is 2. The van der Waals surface area contributed by atoms with Crippen LogP contribution in [-0.4, -0.2) is 36.3 Å². The molecule has 7 nitrogen and oxygen atoms in total. The first-order valence-corrected chi connectivity index (χ1v) is 9.78. The molecule has 1 aromatic heterocycles. The number of aliphatic imine (C=N–C) groups is 1. The number of hydrogen-bond acceptors (Lipinski definition) is 6. The van der Waals surface area contributed by atoms with Crippen LogP contribution >= 0.6 is 0 Å². The van der Waals surface area contributed by atoms with Crippen molar-refractivity contribution in [3.8, 4) is 11.4 Å². The van der Waals surface area contributed by atoms with Crippen LogP contribution < -0.4 is 20.9 Å². The fourth-order valence-electron chi connectivity index (χ4n) is 3.23. The summed E-state index contributed by atoms with van der Waals surface area (Å²) in [6.45, 7) is 2.64. The van der Waals surface area contributed by atoms with Gasteiger partial charge in [0.15, 0.2) is 0 Å². The highest BCUT2D eigenvalue weighted by molar-refractivity contribution is 5.91. The van der Waals surface area contributed by atoms with E-state index >= 15 is 0 Å². The standard InChI is InChI=1S/C23H23N5O2/c24-14-18-12-19(6-7-21(18)27-15-22-25-9-10-26-22)28-11-8-20(13-23(28)29)30-16-17-4-2-1-3-5-17/h1-8,11-14,24,27H,9-10,15-16H2,(H,25,26). The summed E-state index contributed by atoms with van der Waals surface area (Å²) in [6.07, 6.45) is 2.97. The molecule has 0 atom stereocenters. The largest absolute Gasteiger partial charge is 0.489 e. The quantitative estimate of drug-likeness (QED) is 0.506. The van der Waals surface area contributed by atoms with E-state index in [0.29, 0.717) is 30.2 Å². The molecule has 0 amide bonds. The number of rotatable bonds is 8. The van der Waals surface area contributed by atoms with Crippen molar-refractivity contribution in [2.75, 3.05) is 25.0 Å². The Labute approximate surface area is 174 Å². The monoisotopic (exact) mass is 401 g/mol. The summed E-state index contributed by atoms with van der Waals surface area (Å²) in [4.78, 5) is 17.0. The van der Waals surface area contributed by atoms with Crippen LogP contribution in [0.1, 0.15) is 11.1 Å². The van der Waals surface area contributed by atoms with E-state index in [1.807, 2.05) is 48.5 Å². The summed E-state index contributed by atoms with van der Waals surface area (Å²) in [5.41, 5.74) is 3.05. The van der Waals surface area contributed by atoms with Crippen molar-refractivity contribution in [1.29, 1.82) is 5.41 Å². The summed E-state index contributed by atoms with van der Waals surface area (Å²) in [6, 6.07) is 18.6. The Morgan fingerprint density at radius 1 is 1.17 bits per heavy atom. The lowest BCUT2D eigenvalue weighted by Gasteiger charge is -2.13. The van der Waals surface area contributed by atoms with Gasteiger partial charge in [-0.3, -0.25) is 14.4 Å².